The number of likely N-dealkylation sites (N-methyl/N-ethyl adjacent to an activating group) is 1. The second-order valence-electron chi connectivity index (χ2n) is 8.94. The molecule has 202 valence electrons. The van der Waals surface area contributed by atoms with Crippen molar-refractivity contribution in [2.24, 2.45) is 0 Å². The fourth-order valence-electron chi connectivity index (χ4n) is 4.24. The number of benzene rings is 3. The summed E-state index contributed by atoms with van der Waals surface area (Å²) in [7, 11) is 1.90. The molecule has 4 N–H and O–H groups in total. The van der Waals surface area contributed by atoms with Crippen LogP contribution in [-0.4, -0.2) is 70.3 Å². The van der Waals surface area contributed by atoms with Gasteiger partial charge in [-0.3, -0.25) is 4.79 Å². The Morgan fingerprint density at radius 3 is 2.26 bits per heavy atom. The number of amides is 1. The lowest BCUT2D eigenvalue weighted by Crippen LogP contribution is -2.24. The summed E-state index contributed by atoms with van der Waals surface area (Å²) in [5, 5.41) is 32.0. The van der Waals surface area contributed by atoms with E-state index in [1.807, 2.05) is 11.9 Å². The molecule has 3 aromatic rings. The molecule has 0 bridgehead atoms. The van der Waals surface area contributed by atoms with Crippen LogP contribution in [0.2, 0.25) is 10.0 Å². The summed E-state index contributed by atoms with van der Waals surface area (Å²) in [4.78, 5) is 51.7. The van der Waals surface area contributed by atoms with Gasteiger partial charge < -0.3 is 30.3 Å². The van der Waals surface area contributed by atoms with E-state index in [4.69, 9.17) is 27.9 Å². The molecule has 12 heteroatoms. The fourth-order valence-corrected chi connectivity index (χ4v) is 4.75. The van der Waals surface area contributed by atoms with Crippen LogP contribution in [0.5, 0.6) is 5.75 Å². The first-order valence-electron chi connectivity index (χ1n) is 11.6. The van der Waals surface area contributed by atoms with Gasteiger partial charge in [0, 0.05) is 28.7 Å². The quantitative estimate of drug-likeness (QED) is 0.290. The largest absolute Gasteiger partial charge is 0.507 e. The zero-order valence-electron chi connectivity index (χ0n) is 20.4. The molecule has 10 nitrogen and oxygen atoms in total. The van der Waals surface area contributed by atoms with Gasteiger partial charge in [-0.05, 0) is 55.4 Å². The number of hydrogen-bond acceptors (Lipinski definition) is 7. The molecule has 1 aliphatic heterocycles. The molecule has 1 unspecified atom stereocenters. The maximum Gasteiger partial charge on any atom is 0.340 e. The first kappa shape index (κ1) is 27.9. The number of likely N-dealkylation sites (tertiary alicyclic amines) is 1. The van der Waals surface area contributed by atoms with Crippen molar-refractivity contribution in [1.82, 2.24) is 4.90 Å². The minimum atomic E-state index is -1.57. The maximum absolute atomic E-state index is 13.3. The zero-order chi connectivity index (χ0) is 28.4. The highest BCUT2D eigenvalue weighted by molar-refractivity contribution is 6.36. The van der Waals surface area contributed by atoms with Crippen LogP contribution in [0.1, 0.15) is 47.9 Å². The SMILES string of the molecule is CN1CCC(OC(=O)c2ccc(-c3ccc(Cl)cc3Cl)cc2NC(=O)c2cc(C(=O)O)c(O)cc2C(=O)O)C1. The molecule has 3 aromatic carbocycles. The van der Waals surface area contributed by atoms with Gasteiger partial charge in [0.25, 0.3) is 5.91 Å². The summed E-state index contributed by atoms with van der Waals surface area (Å²) in [6.07, 6.45) is 0.279. The predicted molar refractivity (Wildman–Crippen MR) is 143 cm³/mol. The van der Waals surface area contributed by atoms with Gasteiger partial charge >= 0.3 is 17.9 Å². The summed E-state index contributed by atoms with van der Waals surface area (Å²) in [6.45, 7) is 1.29. The molecule has 0 aromatic heterocycles. The molecule has 1 saturated heterocycles. The van der Waals surface area contributed by atoms with Crippen LogP contribution in [-0.2, 0) is 4.74 Å². The minimum absolute atomic E-state index is 0.0131. The third kappa shape index (κ3) is 6.14. The molecule has 1 fully saturated rings. The number of anilines is 1. The molecule has 0 spiro atoms. The number of aromatic carboxylic acids is 2. The molecule has 1 aliphatic rings. The number of aromatic hydroxyl groups is 1. The smallest absolute Gasteiger partial charge is 0.340 e. The van der Waals surface area contributed by atoms with Crippen LogP contribution < -0.4 is 5.32 Å². The van der Waals surface area contributed by atoms with Gasteiger partial charge in [-0.1, -0.05) is 35.3 Å². The Bertz CT molecular complexity index is 1510. The van der Waals surface area contributed by atoms with Gasteiger partial charge in [-0.25, -0.2) is 14.4 Å². The second kappa shape index (κ2) is 11.3. The number of carbonyl (C=O) groups is 4. The minimum Gasteiger partial charge on any atom is -0.507 e. The number of nitrogens with one attached hydrogen (secondary N) is 1. The van der Waals surface area contributed by atoms with Gasteiger partial charge in [0.05, 0.1) is 22.4 Å². The lowest BCUT2D eigenvalue weighted by atomic mass is 10.00. The van der Waals surface area contributed by atoms with Crippen molar-refractivity contribution in [2.45, 2.75) is 12.5 Å². The summed E-state index contributed by atoms with van der Waals surface area (Å²) >= 11 is 12.4. The Balaban J connectivity index is 1.77. The van der Waals surface area contributed by atoms with Crippen molar-refractivity contribution in [1.29, 1.82) is 0 Å². The Hall–Kier alpha value is -4.12. The fraction of sp³-hybridized carbons (Fsp3) is 0.185. The topological polar surface area (TPSA) is 153 Å². The zero-order valence-corrected chi connectivity index (χ0v) is 21.9. The molecule has 39 heavy (non-hydrogen) atoms. The monoisotopic (exact) mass is 572 g/mol. The highest BCUT2D eigenvalue weighted by atomic mass is 35.5. The number of rotatable bonds is 7. The first-order chi connectivity index (χ1) is 18.4. The molecule has 0 radical (unpaired) electrons. The summed E-state index contributed by atoms with van der Waals surface area (Å²) in [5.41, 5.74) is -0.842. The van der Waals surface area contributed by atoms with Gasteiger partial charge in [-0.2, -0.15) is 0 Å². The molecule has 1 amide bonds. The molecule has 1 atom stereocenters. The molecule has 0 aliphatic carbocycles. The summed E-state index contributed by atoms with van der Waals surface area (Å²) in [5.74, 6) is -5.69. The summed E-state index contributed by atoms with van der Waals surface area (Å²) in [6, 6.07) is 10.7. The number of nitrogens with zero attached hydrogens (tertiary/aromatic N) is 1. The number of carboxylic acid groups (broad SMARTS) is 2. The molecule has 4 rings (SSSR count). The standard InChI is InChI=1S/C27H22Cl2N2O8/c1-31-7-6-15(12-31)39-27(38)17-4-2-13(16-5-3-14(28)9-21(16)29)8-22(17)30-24(33)18-10-20(26(36)37)23(32)11-19(18)25(34)35/h2-5,8-11,15,32H,6-7,12H2,1H3,(H,30,33)(H,34,35)(H,36,37). The number of carboxylic acids is 2. The van der Waals surface area contributed by atoms with Crippen LogP contribution in [0, 0.1) is 0 Å². The van der Waals surface area contributed by atoms with Crippen molar-refractivity contribution in [3.05, 3.63) is 80.8 Å². The van der Waals surface area contributed by atoms with Crippen LogP contribution >= 0.6 is 23.2 Å². The average molecular weight is 573 g/mol. The highest BCUT2D eigenvalue weighted by Gasteiger charge is 2.27. The number of esters is 1. The lowest BCUT2D eigenvalue weighted by molar-refractivity contribution is 0.0328. The van der Waals surface area contributed by atoms with Crippen molar-refractivity contribution in [3.63, 3.8) is 0 Å². The third-order valence-corrected chi connectivity index (χ3v) is 6.74. The van der Waals surface area contributed by atoms with E-state index in [-0.39, 0.29) is 17.4 Å². The van der Waals surface area contributed by atoms with E-state index in [1.165, 1.54) is 18.2 Å². The highest BCUT2D eigenvalue weighted by Crippen LogP contribution is 2.34. The predicted octanol–water partition coefficient (Wildman–Crippen LogP) is 4.88. The van der Waals surface area contributed by atoms with E-state index in [1.54, 1.807) is 18.2 Å². The summed E-state index contributed by atoms with van der Waals surface area (Å²) < 4.78 is 5.63. The van der Waals surface area contributed by atoms with E-state index in [0.717, 1.165) is 12.6 Å². The first-order valence-corrected chi connectivity index (χ1v) is 12.3. The van der Waals surface area contributed by atoms with E-state index >= 15 is 0 Å². The molecular weight excluding hydrogens is 551 g/mol. The molecule has 1 heterocycles. The van der Waals surface area contributed by atoms with E-state index in [9.17, 15) is 34.5 Å². The second-order valence-corrected chi connectivity index (χ2v) is 9.79. The van der Waals surface area contributed by atoms with Crippen molar-refractivity contribution < 1.29 is 39.2 Å². The van der Waals surface area contributed by atoms with Crippen LogP contribution in [0.3, 0.4) is 0 Å². The Labute approximate surface area is 232 Å². The number of carbonyl (C=O) groups excluding carboxylic acids is 2. The van der Waals surface area contributed by atoms with E-state index in [2.05, 4.69) is 5.32 Å². The van der Waals surface area contributed by atoms with Gasteiger partial charge in [0.2, 0.25) is 0 Å². The Morgan fingerprint density at radius 2 is 1.64 bits per heavy atom. The van der Waals surface area contributed by atoms with Gasteiger partial charge in [-0.15, -0.1) is 0 Å². The van der Waals surface area contributed by atoms with Gasteiger partial charge in [0.1, 0.15) is 17.4 Å². The number of halogens is 2. The third-order valence-electron chi connectivity index (χ3n) is 6.19. The van der Waals surface area contributed by atoms with Crippen LogP contribution in [0.15, 0.2) is 48.5 Å². The maximum atomic E-state index is 13.3. The Kier molecular flexibility index (Phi) is 8.10. The van der Waals surface area contributed by atoms with E-state index < -0.39 is 46.3 Å². The van der Waals surface area contributed by atoms with Gasteiger partial charge in [0.15, 0.2) is 0 Å². The van der Waals surface area contributed by atoms with Crippen LogP contribution in [0.4, 0.5) is 5.69 Å². The van der Waals surface area contributed by atoms with E-state index in [0.29, 0.717) is 40.2 Å². The molecule has 0 saturated carbocycles. The Morgan fingerprint density at radius 1 is 0.923 bits per heavy atom. The average Bonchev–Trinajstić information content (AvgIpc) is 3.27. The molecular formula is C27H22Cl2N2O8. The normalized spacial score (nSPS) is 15.1. The number of ether oxygens (including phenoxy) is 1. The lowest BCUT2D eigenvalue weighted by Gasteiger charge is -2.17. The number of hydrogen-bond donors (Lipinski definition) is 4. The number of phenols is 1. The van der Waals surface area contributed by atoms with Crippen molar-refractivity contribution in [2.75, 3.05) is 25.5 Å². The van der Waals surface area contributed by atoms with Crippen molar-refractivity contribution in [3.8, 4) is 16.9 Å². The van der Waals surface area contributed by atoms with Crippen LogP contribution in [0.25, 0.3) is 11.1 Å². The van der Waals surface area contributed by atoms with Crippen molar-refractivity contribution >= 4 is 52.7 Å².